The lowest BCUT2D eigenvalue weighted by Gasteiger charge is -2.15. The summed E-state index contributed by atoms with van der Waals surface area (Å²) in [4.78, 5) is 12.6. The predicted octanol–water partition coefficient (Wildman–Crippen LogP) is 2.02. The van der Waals surface area contributed by atoms with Gasteiger partial charge in [0.2, 0.25) is 5.91 Å². The van der Waals surface area contributed by atoms with Gasteiger partial charge in [-0.2, -0.15) is 0 Å². The topological polar surface area (TPSA) is 20.3 Å². The van der Waals surface area contributed by atoms with Gasteiger partial charge in [0, 0.05) is 13.6 Å². The lowest BCUT2D eigenvalue weighted by molar-refractivity contribution is -0.127. The van der Waals surface area contributed by atoms with Crippen molar-refractivity contribution in [1.29, 1.82) is 0 Å². The van der Waals surface area contributed by atoms with E-state index in [0.29, 0.717) is 6.54 Å². The molecule has 1 amide bonds. The van der Waals surface area contributed by atoms with Gasteiger partial charge < -0.3 is 4.90 Å². The van der Waals surface area contributed by atoms with Crippen molar-refractivity contribution in [3.8, 4) is 0 Å². The van der Waals surface area contributed by atoms with E-state index >= 15 is 0 Å². The molecule has 0 bridgehead atoms. The van der Waals surface area contributed by atoms with E-state index in [2.05, 4.69) is 0 Å². The maximum absolute atomic E-state index is 12.8. The van der Waals surface area contributed by atoms with Crippen LogP contribution in [-0.4, -0.2) is 23.7 Å². The molecule has 0 saturated carbocycles. The van der Waals surface area contributed by atoms with E-state index in [-0.39, 0.29) is 17.6 Å². The molecule has 0 aliphatic rings. The molecule has 1 aromatic rings. The number of amides is 1. The zero-order valence-electron chi connectivity index (χ0n) is 7.84. The van der Waals surface area contributed by atoms with Gasteiger partial charge in [0.1, 0.15) is 11.7 Å². The number of carbonyl (C=O) groups is 1. The van der Waals surface area contributed by atoms with E-state index in [1.54, 1.807) is 19.2 Å². The van der Waals surface area contributed by atoms with Gasteiger partial charge in [-0.25, -0.2) is 4.39 Å². The first-order valence-corrected chi connectivity index (χ1v) is 4.71. The van der Waals surface area contributed by atoms with Crippen LogP contribution in [0.1, 0.15) is 5.56 Å². The van der Waals surface area contributed by atoms with Crippen molar-refractivity contribution in [2.24, 2.45) is 0 Å². The smallest absolute Gasteiger partial charge is 0.237 e. The molecule has 0 heterocycles. The monoisotopic (exact) mass is 215 g/mol. The van der Waals surface area contributed by atoms with Crippen LogP contribution in [-0.2, 0) is 11.3 Å². The normalized spacial score (nSPS) is 9.93. The summed E-state index contributed by atoms with van der Waals surface area (Å²) in [5, 5.41) is 0. The molecule has 0 unspecified atom stereocenters. The van der Waals surface area contributed by atoms with Crippen molar-refractivity contribution in [3.05, 3.63) is 35.6 Å². The van der Waals surface area contributed by atoms with E-state index in [1.807, 2.05) is 0 Å². The summed E-state index contributed by atoms with van der Waals surface area (Å²) in [5.74, 6) is -0.517. The third kappa shape index (κ3) is 3.00. The van der Waals surface area contributed by atoms with Crippen molar-refractivity contribution in [1.82, 2.24) is 4.90 Å². The van der Waals surface area contributed by atoms with Gasteiger partial charge in [0.15, 0.2) is 0 Å². The predicted molar refractivity (Wildman–Crippen MR) is 53.6 cm³/mol. The highest BCUT2D eigenvalue weighted by molar-refractivity contribution is 6.27. The van der Waals surface area contributed by atoms with Crippen molar-refractivity contribution < 1.29 is 9.18 Å². The summed E-state index contributed by atoms with van der Waals surface area (Å²) in [6.07, 6.45) is 0. The zero-order chi connectivity index (χ0) is 10.6. The van der Waals surface area contributed by atoms with E-state index < -0.39 is 0 Å². The molecule has 1 rings (SSSR count). The van der Waals surface area contributed by atoms with Crippen LogP contribution < -0.4 is 0 Å². The van der Waals surface area contributed by atoms with Gasteiger partial charge in [0.25, 0.3) is 0 Å². The second-order valence-corrected chi connectivity index (χ2v) is 3.28. The lowest BCUT2D eigenvalue weighted by atomic mass is 10.2. The fraction of sp³-hybridized carbons (Fsp3) is 0.300. The number of rotatable bonds is 3. The Balaban J connectivity index is 2.64. The van der Waals surface area contributed by atoms with Gasteiger partial charge in [-0.1, -0.05) is 12.1 Å². The number of carbonyl (C=O) groups excluding carboxylic acids is 1. The zero-order valence-corrected chi connectivity index (χ0v) is 8.59. The molecular weight excluding hydrogens is 205 g/mol. The first-order chi connectivity index (χ1) is 6.63. The Labute approximate surface area is 87.3 Å². The van der Waals surface area contributed by atoms with Crippen LogP contribution in [0.15, 0.2) is 24.3 Å². The molecule has 0 atom stereocenters. The standard InChI is InChI=1S/C10H11ClFNO/c1-13(10(14)6-11)7-8-3-2-4-9(12)5-8/h2-5H,6-7H2,1H3. The minimum Gasteiger partial charge on any atom is -0.340 e. The first-order valence-electron chi connectivity index (χ1n) is 4.18. The summed E-state index contributed by atoms with van der Waals surface area (Å²) in [6, 6.07) is 6.15. The molecule has 4 heteroatoms. The Morgan fingerprint density at radius 2 is 2.29 bits per heavy atom. The quantitative estimate of drug-likeness (QED) is 0.707. The van der Waals surface area contributed by atoms with Gasteiger partial charge >= 0.3 is 0 Å². The molecule has 0 aliphatic carbocycles. The minimum atomic E-state index is -0.297. The Morgan fingerprint density at radius 1 is 1.57 bits per heavy atom. The molecule has 0 N–H and O–H groups in total. The number of alkyl halides is 1. The van der Waals surface area contributed by atoms with Crippen molar-refractivity contribution in [2.45, 2.75) is 6.54 Å². The van der Waals surface area contributed by atoms with Gasteiger partial charge in [-0.05, 0) is 17.7 Å². The number of halogens is 2. The van der Waals surface area contributed by atoms with Crippen LogP contribution in [0.4, 0.5) is 4.39 Å². The molecule has 0 aliphatic heterocycles. The fourth-order valence-corrected chi connectivity index (χ4v) is 1.30. The highest BCUT2D eigenvalue weighted by Gasteiger charge is 2.07. The Bertz CT molecular complexity index is 330. The molecule has 0 fully saturated rings. The fourth-order valence-electron chi connectivity index (χ4n) is 1.10. The van der Waals surface area contributed by atoms with E-state index in [9.17, 15) is 9.18 Å². The number of nitrogens with zero attached hydrogens (tertiary/aromatic N) is 1. The van der Waals surface area contributed by atoms with Crippen molar-refractivity contribution >= 4 is 17.5 Å². The van der Waals surface area contributed by atoms with Gasteiger partial charge in [-0.3, -0.25) is 4.79 Å². The number of benzene rings is 1. The SMILES string of the molecule is CN(Cc1cccc(F)c1)C(=O)CCl. The Morgan fingerprint density at radius 3 is 2.86 bits per heavy atom. The third-order valence-electron chi connectivity index (χ3n) is 1.85. The summed E-state index contributed by atoms with van der Waals surface area (Å²) in [6.45, 7) is 0.378. The van der Waals surface area contributed by atoms with E-state index in [0.717, 1.165) is 5.56 Å². The van der Waals surface area contributed by atoms with Crippen LogP contribution in [0.3, 0.4) is 0 Å². The van der Waals surface area contributed by atoms with Crippen LogP contribution in [0, 0.1) is 5.82 Å². The molecule has 0 saturated heterocycles. The first kappa shape index (κ1) is 11.0. The average molecular weight is 216 g/mol. The molecule has 0 aromatic heterocycles. The van der Waals surface area contributed by atoms with Crippen LogP contribution in [0.25, 0.3) is 0 Å². The van der Waals surface area contributed by atoms with Crippen molar-refractivity contribution in [2.75, 3.05) is 12.9 Å². The molecule has 76 valence electrons. The molecule has 0 radical (unpaired) electrons. The summed E-state index contributed by atoms with van der Waals surface area (Å²) < 4.78 is 12.8. The van der Waals surface area contributed by atoms with Crippen molar-refractivity contribution in [3.63, 3.8) is 0 Å². The lowest BCUT2D eigenvalue weighted by Crippen LogP contribution is -2.27. The minimum absolute atomic E-state index is 0.0498. The maximum Gasteiger partial charge on any atom is 0.237 e. The summed E-state index contributed by atoms with van der Waals surface area (Å²) >= 11 is 5.38. The maximum atomic E-state index is 12.8. The molecule has 0 spiro atoms. The third-order valence-corrected chi connectivity index (χ3v) is 2.08. The van der Waals surface area contributed by atoms with Gasteiger partial charge in [-0.15, -0.1) is 11.6 Å². The van der Waals surface area contributed by atoms with E-state index in [1.165, 1.54) is 17.0 Å². The molecule has 14 heavy (non-hydrogen) atoms. The average Bonchev–Trinajstić information content (AvgIpc) is 2.16. The van der Waals surface area contributed by atoms with Crippen LogP contribution >= 0.6 is 11.6 Å². The largest absolute Gasteiger partial charge is 0.340 e. The molecule has 1 aromatic carbocycles. The molecule has 2 nitrogen and oxygen atoms in total. The highest BCUT2D eigenvalue weighted by atomic mass is 35.5. The van der Waals surface area contributed by atoms with Crippen LogP contribution in [0.5, 0.6) is 0 Å². The molecular formula is C10H11ClFNO. The van der Waals surface area contributed by atoms with Crippen LogP contribution in [0.2, 0.25) is 0 Å². The Kier molecular flexibility index (Phi) is 3.89. The highest BCUT2D eigenvalue weighted by Crippen LogP contribution is 2.06. The summed E-state index contributed by atoms with van der Waals surface area (Å²) in [7, 11) is 1.63. The second-order valence-electron chi connectivity index (χ2n) is 3.01. The Hall–Kier alpha value is -1.09. The van der Waals surface area contributed by atoms with E-state index in [4.69, 9.17) is 11.6 Å². The van der Waals surface area contributed by atoms with Gasteiger partial charge in [0.05, 0.1) is 0 Å². The summed E-state index contributed by atoms with van der Waals surface area (Å²) in [5.41, 5.74) is 0.756. The number of hydrogen-bond donors (Lipinski definition) is 0. The number of hydrogen-bond acceptors (Lipinski definition) is 1. The second kappa shape index (κ2) is 4.96.